The molecular weight excluding hydrogens is 324 g/mol. The van der Waals surface area contributed by atoms with Crippen molar-refractivity contribution in [3.05, 3.63) is 22.5 Å². The van der Waals surface area contributed by atoms with Crippen LogP contribution < -0.4 is 10.2 Å². The van der Waals surface area contributed by atoms with E-state index >= 15 is 0 Å². The van der Waals surface area contributed by atoms with Crippen LogP contribution in [0.5, 0.6) is 0 Å². The Morgan fingerprint density at radius 1 is 1.33 bits per heavy atom. The Morgan fingerprint density at radius 2 is 2.14 bits per heavy atom. The molecule has 0 aliphatic carbocycles. The van der Waals surface area contributed by atoms with Gasteiger partial charge in [-0.3, -0.25) is 10.1 Å². The lowest BCUT2D eigenvalue weighted by Crippen LogP contribution is -2.21. The van der Waals surface area contributed by atoms with Gasteiger partial charge >= 0.3 is 0 Å². The van der Waals surface area contributed by atoms with Crippen molar-refractivity contribution >= 4 is 59.7 Å². The van der Waals surface area contributed by atoms with Crippen molar-refractivity contribution in [2.24, 2.45) is 0 Å². The van der Waals surface area contributed by atoms with Gasteiger partial charge in [-0.05, 0) is 19.9 Å². The van der Waals surface area contributed by atoms with Crippen LogP contribution in [0.2, 0.25) is 0 Å². The van der Waals surface area contributed by atoms with E-state index in [-0.39, 0.29) is 5.91 Å². The Hall–Kier alpha value is -1.51. The lowest BCUT2D eigenvalue weighted by molar-refractivity contribution is 0.103. The molecule has 0 atom stereocenters. The Labute approximate surface area is 134 Å². The number of nitrogens with zero attached hydrogens (tertiary/aromatic N) is 3. The number of rotatable bonds is 5. The minimum absolute atomic E-state index is 0.121. The van der Waals surface area contributed by atoms with Crippen molar-refractivity contribution < 1.29 is 4.79 Å². The molecule has 3 aromatic heterocycles. The molecule has 0 radical (unpaired) electrons. The van der Waals surface area contributed by atoms with Crippen molar-refractivity contribution in [2.75, 3.05) is 23.3 Å². The molecule has 0 bridgehead atoms. The minimum atomic E-state index is -0.121. The molecule has 8 heteroatoms. The van der Waals surface area contributed by atoms with Crippen LogP contribution in [-0.2, 0) is 0 Å². The zero-order chi connectivity index (χ0) is 14.8. The van der Waals surface area contributed by atoms with Crippen LogP contribution in [0.4, 0.5) is 10.3 Å². The topological polar surface area (TPSA) is 58.1 Å². The van der Waals surface area contributed by atoms with Gasteiger partial charge in [0.25, 0.3) is 5.91 Å². The summed E-state index contributed by atoms with van der Waals surface area (Å²) in [6.45, 7) is 6.11. The molecule has 0 aliphatic rings. The molecule has 1 amide bonds. The van der Waals surface area contributed by atoms with Gasteiger partial charge in [-0.25, -0.2) is 9.97 Å². The second-order valence-electron chi connectivity index (χ2n) is 4.24. The van der Waals surface area contributed by atoms with Crippen LogP contribution in [0.3, 0.4) is 0 Å². The quantitative estimate of drug-likeness (QED) is 0.766. The van der Waals surface area contributed by atoms with Crippen molar-refractivity contribution in [1.82, 2.24) is 9.97 Å². The molecule has 0 saturated heterocycles. The number of fused-ring (bicyclic) bond motifs is 1. The number of thiophene rings is 1. The Kier molecular flexibility index (Phi) is 4.18. The van der Waals surface area contributed by atoms with Crippen LogP contribution in [0, 0.1) is 0 Å². The maximum Gasteiger partial charge on any atom is 0.267 e. The summed E-state index contributed by atoms with van der Waals surface area (Å²) in [6, 6.07) is 1.91. The number of nitrogens with one attached hydrogen (secondary N) is 1. The third kappa shape index (κ3) is 2.92. The summed E-state index contributed by atoms with van der Waals surface area (Å²) in [6.07, 6.45) is 1.67. The third-order valence-electron chi connectivity index (χ3n) is 2.99. The molecule has 3 aromatic rings. The number of amides is 1. The second-order valence-corrected chi connectivity index (χ2v) is 7.17. The molecule has 0 saturated carbocycles. The van der Waals surface area contributed by atoms with E-state index in [1.807, 2.05) is 11.4 Å². The summed E-state index contributed by atoms with van der Waals surface area (Å²) in [5.41, 5.74) is 0. The zero-order valence-corrected chi connectivity index (χ0v) is 14.1. The van der Waals surface area contributed by atoms with Gasteiger partial charge < -0.3 is 4.90 Å². The number of hydrogen-bond acceptors (Lipinski definition) is 7. The molecule has 1 N–H and O–H groups in total. The minimum Gasteiger partial charge on any atom is -0.349 e. The van der Waals surface area contributed by atoms with Crippen LogP contribution in [0.15, 0.2) is 17.6 Å². The first-order valence-corrected chi connectivity index (χ1v) is 9.08. The highest BCUT2D eigenvalue weighted by Gasteiger charge is 2.16. The van der Waals surface area contributed by atoms with E-state index in [0.717, 1.165) is 27.8 Å². The largest absolute Gasteiger partial charge is 0.349 e. The molecular formula is C13H14N4OS3. The predicted molar refractivity (Wildman–Crippen MR) is 91.1 cm³/mol. The first kappa shape index (κ1) is 14.4. The second kappa shape index (κ2) is 6.08. The lowest BCUT2D eigenvalue weighted by Gasteiger charge is -2.16. The van der Waals surface area contributed by atoms with Gasteiger partial charge in [0.05, 0.1) is 9.58 Å². The highest BCUT2D eigenvalue weighted by atomic mass is 32.1. The molecule has 0 fully saturated rings. The molecule has 0 unspecified atom stereocenters. The van der Waals surface area contributed by atoms with Crippen molar-refractivity contribution in [3.63, 3.8) is 0 Å². The van der Waals surface area contributed by atoms with E-state index in [0.29, 0.717) is 10.0 Å². The molecule has 0 spiro atoms. The first-order chi connectivity index (χ1) is 10.2. The lowest BCUT2D eigenvalue weighted by atomic mass is 10.4. The zero-order valence-electron chi connectivity index (χ0n) is 11.6. The Morgan fingerprint density at radius 3 is 2.76 bits per heavy atom. The highest BCUT2D eigenvalue weighted by molar-refractivity contribution is 7.29. The molecule has 3 rings (SSSR count). The fourth-order valence-corrected chi connectivity index (χ4v) is 4.67. The molecule has 0 aliphatic heterocycles. The van der Waals surface area contributed by atoms with Gasteiger partial charge in [0, 0.05) is 24.7 Å². The SMILES string of the molecule is CCN(CC)c1nc2sc(C(=O)Nc3nccs3)cc2s1. The van der Waals surface area contributed by atoms with Gasteiger partial charge in [0.1, 0.15) is 4.83 Å². The van der Waals surface area contributed by atoms with Gasteiger partial charge in [0.2, 0.25) is 0 Å². The van der Waals surface area contributed by atoms with E-state index in [2.05, 4.69) is 34.0 Å². The van der Waals surface area contributed by atoms with E-state index in [1.54, 1.807) is 17.5 Å². The van der Waals surface area contributed by atoms with Gasteiger partial charge in [0.15, 0.2) is 10.3 Å². The fraction of sp³-hybridized carbons (Fsp3) is 0.308. The van der Waals surface area contributed by atoms with Gasteiger partial charge in [-0.15, -0.1) is 22.7 Å². The molecule has 0 aromatic carbocycles. The average Bonchev–Trinajstić information content (AvgIpc) is 3.15. The summed E-state index contributed by atoms with van der Waals surface area (Å²) in [4.78, 5) is 24.6. The van der Waals surface area contributed by atoms with E-state index in [1.165, 1.54) is 22.7 Å². The van der Waals surface area contributed by atoms with Crippen LogP contribution in [0.1, 0.15) is 23.5 Å². The maximum absolute atomic E-state index is 12.1. The number of carbonyl (C=O) groups excluding carboxylic acids is 1. The highest BCUT2D eigenvalue weighted by Crippen LogP contribution is 2.34. The summed E-state index contributed by atoms with van der Waals surface area (Å²) in [7, 11) is 0. The molecule has 21 heavy (non-hydrogen) atoms. The van der Waals surface area contributed by atoms with Crippen molar-refractivity contribution in [1.29, 1.82) is 0 Å². The summed E-state index contributed by atoms with van der Waals surface area (Å²) < 4.78 is 1.06. The number of anilines is 2. The summed E-state index contributed by atoms with van der Waals surface area (Å²) >= 11 is 4.47. The number of thiazole rings is 2. The van der Waals surface area contributed by atoms with Crippen molar-refractivity contribution in [2.45, 2.75) is 13.8 Å². The first-order valence-electron chi connectivity index (χ1n) is 6.57. The van der Waals surface area contributed by atoms with E-state index < -0.39 is 0 Å². The summed E-state index contributed by atoms with van der Waals surface area (Å²) in [5.74, 6) is -0.121. The molecule has 3 heterocycles. The molecule has 5 nitrogen and oxygen atoms in total. The normalized spacial score (nSPS) is 11.0. The Bertz CT molecular complexity index is 711. The van der Waals surface area contributed by atoms with Gasteiger partial charge in [-0.1, -0.05) is 11.3 Å². The van der Waals surface area contributed by atoms with E-state index in [9.17, 15) is 4.79 Å². The van der Waals surface area contributed by atoms with Crippen LogP contribution in [0.25, 0.3) is 9.53 Å². The van der Waals surface area contributed by atoms with E-state index in [4.69, 9.17) is 0 Å². The Balaban J connectivity index is 1.82. The average molecular weight is 338 g/mol. The summed E-state index contributed by atoms with van der Waals surface area (Å²) in [5, 5.41) is 6.27. The number of hydrogen-bond donors (Lipinski definition) is 1. The maximum atomic E-state index is 12.1. The molecule has 110 valence electrons. The van der Waals surface area contributed by atoms with Crippen LogP contribution >= 0.6 is 34.0 Å². The smallest absolute Gasteiger partial charge is 0.267 e. The van der Waals surface area contributed by atoms with Crippen molar-refractivity contribution in [3.8, 4) is 0 Å². The number of carbonyl (C=O) groups is 1. The monoisotopic (exact) mass is 338 g/mol. The van der Waals surface area contributed by atoms with Crippen LogP contribution in [-0.4, -0.2) is 29.0 Å². The standard InChI is InChI=1S/C13H14N4OS3/c1-3-17(4-2)13-16-11-9(21-13)7-8(20-11)10(18)15-12-14-5-6-19-12/h5-7H,3-4H2,1-2H3,(H,14,15,18). The fourth-order valence-electron chi connectivity index (χ4n) is 1.91. The number of aromatic nitrogens is 2. The third-order valence-corrected chi connectivity index (χ3v) is 5.90. The predicted octanol–water partition coefficient (Wildman–Crippen LogP) is 3.91. The van der Waals surface area contributed by atoms with Gasteiger partial charge in [-0.2, -0.15) is 0 Å².